The van der Waals surface area contributed by atoms with E-state index in [1.54, 1.807) is 0 Å². The van der Waals surface area contributed by atoms with Crippen molar-refractivity contribution in [2.45, 2.75) is 25.8 Å². The smallest absolute Gasteiger partial charge is 0.251 e. The van der Waals surface area contributed by atoms with E-state index in [1.165, 1.54) is 18.2 Å². The molecule has 1 atom stereocenters. The fourth-order valence-corrected chi connectivity index (χ4v) is 2.29. The van der Waals surface area contributed by atoms with Crippen LogP contribution in [0.4, 0.5) is 0 Å². The summed E-state index contributed by atoms with van der Waals surface area (Å²) in [7, 11) is 0. The van der Waals surface area contributed by atoms with Crippen LogP contribution in [0.2, 0.25) is 0 Å². The number of ether oxygens (including phenoxy) is 1. The molecule has 1 aliphatic rings. The van der Waals surface area contributed by atoms with Crippen LogP contribution in [0.15, 0.2) is 18.2 Å². The van der Waals surface area contributed by atoms with E-state index in [1.807, 2.05) is 6.92 Å². The maximum Gasteiger partial charge on any atom is 0.251 e. The largest absolute Gasteiger partial charge is 0.504 e. The molecule has 1 unspecified atom stereocenters. The first kappa shape index (κ1) is 13.7. The van der Waals surface area contributed by atoms with Gasteiger partial charge in [0.25, 0.3) is 5.91 Å². The van der Waals surface area contributed by atoms with Crippen LogP contribution in [0.5, 0.6) is 11.5 Å². The Bertz CT molecular complexity index is 455. The molecular formula is C14H19NO4. The van der Waals surface area contributed by atoms with Gasteiger partial charge >= 0.3 is 0 Å². The first-order valence-electron chi connectivity index (χ1n) is 6.48. The van der Waals surface area contributed by atoms with Gasteiger partial charge in [0, 0.05) is 24.8 Å². The Labute approximate surface area is 112 Å². The van der Waals surface area contributed by atoms with Crippen molar-refractivity contribution in [1.29, 1.82) is 0 Å². The number of rotatable bonds is 3. The van der Waals surface area contributed by atoms with Crippen molar-refractivity contribution >= 4 is 5.91 Å². The van der Waals surface area contributed by atoms with Crippen LogP contribution in [0.1, 0.15) is 30.1 Å². The summed E-state index contributed by atoms with van der Waals surface area (Å²) in [5.41, 5.74) is 0.342. The summed E-state index contributed by atoms with van der Waals surface area (Å²) in [4.78, 5) is 12.0. The predicted octanol–water partition coefficient (Wildman–Crippen LogP) is 1.64. The standard InChI is InChI=1S/C14H19NO4/c1-9(10-4-6-19-7-5-10)15-14(18)11-2-3-12(16)13(17)8-11/h2-3,8-10,16-17H,4-7H2,1H3,(H,15,18). The molecule has 0 spiro atoms. The average Bonchev–Trinajstić information content (AvgIpc) is 2.42. The molecule has 1 fully saturated rings. The number of carbonyl (C=O) groups excluding carboxylic acids is 1. The zero-order valence-electron chi connectivity index (χ0n) is 10.9. The number of aromatic hydroxyl groups is 2. The maximum absolute atomic E-state index is 12.0. The van der Waals surface area contributed by atoms with Gasteiger partial charge in [0.1, 0.15) is 0 Å². The topological polar surface area (TPSA) is 78.8 Å². The molecule has 5 nitrogen and oxygen atoms in total. The van der Waals surface area contributed by atoms with Crippen molar-refractivity contribution in [2.24, 2.45) is 5.92 Å². The van der Waals surface area contributed by atoms with Crippen LogP contribution in [0.25, 0.3) is 0 Å². The number of hydrogen-bond donors (Lipinski definition) is 3. The Morgan fingerprint density at radius 1 is 1.32 bits per heavy atom. The molecule has 0 aromatic heterocycles. The van der Waals surface area contributed by atoms with Gasteiger partial charge in [-0.25, -0.2) is 0 Å². The number of carbonyl (C=O) groups is 1. The van der Waals surface area contributed by atoms with Gasteiger partial charge < -0.3 is 20.3 Å². The van der Waals surface area contributed by atoms with Crippen molar-refractivity contribution < 1.29 is 19.7 Å². The minimum atomic E-state index is -0.286. The molecule has 19 heavy (non-hydrogen) atoms. The van der Waals surface area contributed by atoms with Gasteiger partial charge in [-0.15, -0.1) is 0 Å². The van der Waals surface area contributed by atoms with Crippen molar-refractivity contribution in [3.05, 3.63) is 23.8 Å². The van der Waals surface area contributed by atoms with Crippen molar-refractivity contribution in [3.8, 4) is 11.5 Å². The van der Waals surface area contributed by atoms with Crippen molar-refractivity contribution in [2.75, 3.05) is 13.2 Å². The van der Waals surface area contributed by atoms with E-state index in [-0.39, 0.29) is 23.4 Å². The van der Waals surface area contributed by atoms with Gasteiger partial charge in [0.2, 0.25) is 0 Å². The zero-order valence-corrected chi connectivity index (χ0v) is 10.9. The van der Waals surface area contributed by atoms with Crippen LogP contribution in [0.3, 0.4) is 0 Å². The minimum Gasteiger partial charge on any atom is -0.504 e. The molecule has 1 saturated heterocycles. The molecule has 0 radical (unpaired) electrons. The SMILES string of the molecule is CC(NC(=O)c1ccc(O)c(O)c1)C1CCOCC1. The first-order chi connectivity index (χ1) is 9.08. The molecule has 1 aromatic rings. The van der Waals surface area contributed by atoms with E-state index in [9.17, 15) is 15.0 Å². The van der Waals surface area contributed by atoms with E-state index >= 15 is 0 Å². The summed E-state index contributed by atoms with van der Waals surface area (Å²) in [5.74, 6) is -0.335. The average molecular weight is 265 g/mol. The highest BCUT2D eigenvalue weighted by molar-refractivity contribution is 5.95. The monoisotopic (exact) mass is 265 g/mol. The number of phenols is 2. The molecule has 5 heteroatoms. The summed E-state index contributed by atoms with van der Waals surface area (Å²) in [5, 5.41) is 21.5. The summed E-state index contributed by atoms with van der Waals surface area (Å²) < 4.78 is 5.29. The van der Waals surface area contributed by atoms with E-state index in [4.69, 9.17) is 4.74 Å². The summed E-state index contributed by atoms with van der Waals surface area (Å²) >= 11 is 0. The van der Waals surface area contributed by atoms with Gasteiger partial charge in [-0.1, -0.05) is 0 Å². The molecule has 1 amide bonds. The summed E-state index contributed by atoms with van der Waals surface area (Å²) in [6.45, 7) is 3.46. The number of hydrogen-bond acceptors (Lipinski definition) is 4. The van der Waals surface area contributed by atoms with E-state index < -0.39 is 0 Å². The lowest BCUT2D eigenvalue weighted by Gasteiger charge is -2.28. The number of amides is 1. The lowest BCUT2D eigenvalue weighted by atomic mass is 9.93. The van der Waals surface area contributed by atoms with Gasteiger partial charge in [-0.05, 0) is 43.9 Å². The van der Waals surface area contributed by atoms with Crippen molar-refractivity contribution in [1.82, 2.24) is 5.32 Å². The quantitative estimate of drug-likeness (QED) is 0.726. The van der Waals surface area contributed by atoms with E-state index in [0.717, 1.165) is 26.1 Å². The van der Waals surface area contributed by atoms with E-state index in [2.05, 4.69) is 5.32 Å². The fraction of sp³-hybridized carbons (Fsp3) is 0.500. The Morgan fingerprint density at radius 2 is 2.00 bits per heavy atom. The Morgan fingerprint density at radius 3 is 2.63 bits per heavy atom. The highest BCUT2D eigenvalue weighted by Gasteiger charge is 2.22. The van der Waals surface area contributed by atoms with E-state index in [0.29, 0.717) is 11.5 Å². The van der Waals surface area contributed by atoms with Crippen molar-refractivity contribution in [3.63, 3.8) is 0 Å². The first-order valence-corrected chi connectivity index (χ1v) is 6.48. The Balaban J connectivity index is 1.97. The Kier molecular flexibility index (Phi) is 4.27. The molecule has 2 rings (SSSR count). The molecule has 104 valence electrons. The second-order valence-corrected chi connectivity index (χ2v) is 4.92. The highest BCUT2D eigenvalue weighted by atomic mass is 16.5. The van der Waals surface area contributed by atoms with Gasteiger partial charge in [-0.2, -0.15) is 0 Å². The molecule has 3 N–H and O–H groups in total. The van der Waals surface area contributed by atoms with Gasteiger partial charge in [0.15, 0.2) is 11.5 Å². The maximum atomic E-state index is 12.0. The molecule has 1 aromatic carbocycles. The van der Waals surface area contributed by atoms with Gasteiger partial charge in [0.05, 0.1) is 0 Å². The number of nitrogens with one attached hydrogen (secondary N) is 1. The normalized spacial score (nSPS) is 17.9. The van der Waals surface area contributed by atoms with Crippen LogP contribution in [-0.2, 0) is 4.74 Å². The number of benzene rings is 1. The predicted molar refractivity (Wildman–Crippen MR) is 70.2 cm³/mol. The molecule has 0 aliphatic carbocycles. The zero-order chi connectivity index (χ0) is 13.8. The third-order valence-electron chi connectivity index (χ3n) is 3.57. The second kappa shape index (κ2) is 5.93. The lowest BCUT2D eigenvalue weighted by Crippen LogP contribution is -2.40. The number of phenolic OH excluding ortho intramolecular Hbond substituents is 2. The summed E-state index contributed by atoms with van der Waals surface area (Å²) in [6.07, 6.45) is 1.89. The van der Waals surface area contributed by atoms with Crippen LogP contribution in [0, 0.1) is 5.92 Å². The fourth-order valence-electron chi connectivity index (χ4n) is 2.29. The van der Waals surface area contributed by atoms with Crippen LogP contribution >= 0.6 is 0 Å². The Hall–Kier alpha value is -1.75. The van der Waals surface area contributed by atoms with Gasteiger partial charge in [-0.3, -0.25) is 4.79 Å². The molecule has 1 aliphatic heterocycles. The molecule has 0 saturated carbocycles. The van der Waals surface area contributed by atoms with Crippen LogP contribution in [-0.4, -0.2) is 35.4 Å². The molecule has 1 heterocycles. The third kappa shape index (κ3) is 3.38. The molecular weight excluding hydrogens is 246 g/mol. The second-order valence-electron chi connectivity index (χ2n) is 4.92. The third-order valence-corrected chi connectivity index (χ3v) is 3.57. The lowest BCUT2D eigenvalue weighted by molar-refractivity contribution is 0.0538. The highest BCUT2D eigenvalue weighted by Crippen LogP contribution is 2.25. The van der Waals surface area contributed by atoms with Crippen LogP contribution < -0.4 is 5.32 Å². The minimum absolute atomic E-state index is 0.0624. The molecule has 0 bridgehead atoms. The summed E-state index contributed by atoms with van der Waals surface area (Å²) in [6, 6.07) is 4.12.